The van der Waals surface area contributed by atoms with E-state index in [0.29, 0.717) is 0 Å². The topological polar surface area (TPSA) is 83.5 Å². The molecule has 0 spiro atoms. The first-order valence-electron chi connectivity index (χ1n) is 5.28. The third-order valence-corrected chi connectivity index (χ3v) is 3.77. The zero-order chi connectivity index (χ0) is 13.8. The Labute approximate surface area is 105 Å². The number of benzene rings is 1. The van der Waals surface area contributed by atoms with Gasteiger partial charge < -0.3 is 5.11 Å². The summed E-state index contributed by atoms with van der Waals surface area (Å²) in [5.41, 5.74) is 0.219. The van der Waals surface area contributed by atoms with Gasteiger partial charge in [-0.15, -0.1) is 0 Å². The van der Waals surface area contributed by atoms with Gasteiger partial charge in [0.05, 0.1) is 12.2 Å². The number of sulfonamides is 1. The molecule has 0 aliphatic carbocycles. The Balaban J connectivity index is 2.73. The third kappa shape index (κ3) is 4.42. The van der Waals surface area contributed by atoms with Crippen molar-refractivity contribution >= 4 is 16.0 Å². The predicted molar refractivity (Wildman–Crippen MR) is 64.0 cm³/mol. The van der Waals surface area contributed by atoms with E-state index in [9.17, 15) is 17.6 Å². The van der Waals surface area contributed by atoms with E-state index in [1.807, 2.05) is 0 Å². The average Bonchev–Trinajstić information content (AvgIpc) is 2.26. The van der Waals surface area contributed by atoms with Crippen LogP contribution in [0.15, 0.2) is 24.3 Å². The van der Waals surface area contributed by atoms with Crippen molar-refractivity contribution in [3.05, 3.63) is 35.6 Å². The van der Waals surface area contributed by atoms with Crippen LogP contribution in [0.25, 0.3) is 0 Å². The van der Waals surface area contributed by atoms with Crippen LogP contribution in [0.4, 0.5) is 4.39 Å². The van der Waals surface area contributed by atoms with Crippen LogP contribution < -0.4 is 4.72 Å². The average molecular weight is 275 g/mol. The number of carboxylic acid groups (broad SMARTS) is 1. The molecule has 0 heterocycles. The standard InChI is InChI=1S/C11H14FNO4S/c1-8(9-4-2-3-5-10(9)12)13-18(16,17)7-6-11(14)15/h2-5,8,13H,6-7H2,1H3,(H,14,15)/t8-/m1/s1. The number of hydrogen-bond acceptors (Lipinski definition) is 3. The van der Waals surface area contributed by atoms with E-state index in [4.69, 9.17) is 5.11 Å². The van der Waals surface area contributed by atoms with Gasteiger partial charge in [-0.3, -0.25) is 4.79 Å². The van der Waals surface area contributed by atoms with Crippen molar-refractivity contribution in [2.24, 2.45) is 0 Å². The molecule has 0 aromatic heterocycles. The SMILES string of the molecule is C[C@@H](NS(=O)(=O)CCC(=O)O)c1ccccc1F. The van der Waals surface area contributed by atoms with E-state index >= 15 is 0 Å². The minimum Gasteiger partial charge on any atom is -0.481 e. The largest absolute Gasteiger partial charge is 0.481 e. The van der Waals surface area contributed by atoms with Gasteiger partial charge in [-0.05, 0) is 13.0 Å². The molecule has 0 fully saturated rings. The molecule has 7 heteroatoms. The Morgan fingerprint density at radius 2 is 2.06 bits per heavy atom. The molecule has 18 heavy (non-hydrogen) atoms. The zero-order valence-corrected chi connectivity index (χ0v) is 10.6. The van der Waals surface area contributed by atoms with Gasteiger partial charge in [0.2, 0.25) is 10.0 Å². The maximum atomic E-state index is 13.4. The molecule has 0 bridgehead atoms. The molecule has 0 radical (unpaired) electrons. The molecule has 1 atom stereocenters. The highest BCUT2D eigenvalue weighted by Crippen LogP contribution is 2.16. The smallest absolute Gasteiger partial charge is 0.304 e. The maximum Gasteiger partial charge on any atom is 0.304 e. The molecule has 0 unspecified atom stereocenters. The molecule has 2 N–H and O–H groups in total. The first-order valence-corrected chi connectivity index (χ1v) is 6.93. The fraction of sp³-hybridized carbons (Fsp3) is 0.364. The summed E-state index contributed by atoms with van der Waals surface area (Å²) in [7, 11) is -3.74. The molecule has 0 aliphatic rings. The molecule has 0 saturated heterocycles. The first kappa shape index (κ1) is 14.6. The van der Waals surface area contributed by atoms with Crippen LogP contribution in [-0.2, 0) is 14.8 Å². The van der Waals surface area contributed by atoms with E-state index < -0.39 is 40.0 Å². The van der Waals surface area contributed by atoms with Crippen molar-refractivity contribution in [3.8, 4) is 0 Å². The van der Waals surface area contributed by atoms with E-state index in [1.54, 1.807) is 6.07 Å². The summed E-state index contributed by atoms with van der Waals surface area (Å²) in [5.74, 6) is -2.23. The van der Waals surface area contributed by atoms with Gasteiger partial charge >= 0.3 is 5.97 Å². The fourth-order valence-corrected chi connectivity index (χ4v) is 2.67. The number of carbonyl (C=O) groups is 1. The predicted octanol–water partition coefficient (Wildman–Crippen LogP) is 1.28. The summed E-state index contributed by atoms with van der Waals surface area (Å²) < 4.78 is 38.7. The third-order valence-electron chi connectivity index (χ3n) is 2.31. The molecule has 5 nitrogen and oxygen atoms in total. The number of halogens is 1. The molecule has 1 rings (SSSR count). The quantitative estimate of drug-likeness (QED) is 0.819. The van der Waals surface area contributed by atoms with Crippen LogP contribution in [0.1, 0.15) is 24.9 Å². The van der Waals surface area contributed by atoms with E-state index in [-0.39, 0.29) is 5.56 Å². The minimum atomic E-state index is -3.74. The molecule has 0 aliphatic heterocycles. The summed E-state index contributed by atoms with van der Waals surface area (Å²) >= 11 is 0. The van der Waals surface area contributed by atoms with Gasteiger partial charge in [0.25, 0.3) is 0 Å². The molecular formula is C11H14FNO4S. The van der Waals surface area contributed by atoms with Crippen molar-refractivity contribution in [2.45, 2.75) is 19.4 Å². The number of hydrogen-bond donors (Lipinski definition) is 2. The summed E-state index contributed by atoms with van der Waals surface area (Å²) in [4.78, 5) is 10.3. The van der Waals surface area contributed by atoms with Crippen molar-refractivity contribution in [1.82, 2.24) is 4.72 Å². The Morgan fingerprint density at radius 1 is 1.44 bits per heavy atom. The van der Waals surface area contributed by atoms with Crippen molar-refractivity contribution < 1.29 is 22.7 Å². The minimum absolute atomic E-state index is 0.219. The van der Waals surface area contributed by atoms with Crippen molar-refractivity contribution in [2.75, 3.05) is 5.75 Å². The second-order valence-electron chi connectivity index (χ2n) is 3.82. The van der Waals surface area contributed by atoms with Crippen LogP contribution in [0.3, 0.4) is 0 Å². The fourth-order valence-electron chi connectivity index (χ4n) is 1.44. The number of rotatable bonds is 6. The second kappa shape index (κ2) is 5.92. The van der Waals surface area contributed by atoms with Gasteiger partial charge in [0.1, 0.15) is 5.82 Å². The second-order valence-corrected chi connectivity index (χ2v) is 5.70. The van der Waals surface area contributed by atoms with Crippen LogP contribution in [0.5, 0.6) is 0 Å². The van der Waals surface area contributed by atoms with E-state index in [2.05, 4.69) is 4.72 Å². The summed E-state index contributed by atoms with van der Waals surface area (Å²) in [6.45, 7) is 1.50. The first-order chi connectivity index (χ1) is 8.32. The molecule has 0 amide bonds. The van der Waals surface area contributed by atoms with Crippen LogP contribution in [0.2, 0.25) is 0 Å². The Hall–Kier alpha value is -1.47. The lowest BCUT2D eigenvalue weighted by molar-refractivity contribution is -0.136. The van der Waals surface area contributed by atoms with Crippen LogP contribution in [0, 0.1) is 5.82 Å². The van der Waals surface area contributed by atoms with Gasteiger partial charge in [-0.1, -0.05) is 18.2 Å². The highest BCUT2D eigenvalue weighted by atomic mass is 32.2. The summed E-state index contributed by atoms with van der Waals surface area (Å²) in [6.07, 6.45) is -0.487. The Bertz CT molecular complexity index is 530. The molecule has 0 saturated carbocycles. The Kier molecular flexibility index (Phi) is 4.80. The molecule has 1 aromatic carbocycles. The van der Waals surface area contributed by atoms with Crippen molar-refractivity contribution in [3.63, 3.8) is 0 Å². The zero-order valence-electron chi connectivity index (χ0n) is 9.76. The highest BCUT2D eigenvalue weighted by molar-refractivity contribution is 7.89. The monoisotopic (exact) mass is 275 g/mol. The maximum absolute atomic E-state index is 13.4. The highest BCUT2D eigenvalue weighted by Gasteiger charge is 2.18. The van der Waals surface area contributed by atoms with Crippen molar-refractivity contribution in [1.29, 1.82) is 0 Å². The van der Waals surface area contributed by atoms with E-state index in [1.165, 1.54) is 25.1 Å². The van der Waals surface area contributed by atoms with Gasteiger partial charge in [0.15, 0.2) is 0 Å². The lowest BCUT2D eigenvalue weighted by atomic mass is 10.1. The molecular weight excluding hydrogens is 261 g/mol. The lowest BCUT2D eigenvalue weighted by Gasteiger charge is -2.14. The number of nitrogens with one attached hydrogen (secondary N) is 1. The lowest BCUT2D eigenvalue weighted by Crippen LogP contribution is -2.30. The normalized spacial score (nSPS) is 13.2. The van der Waals surface area contributed by atoms with Crippen LogP contribution >= 0.6 is 0 Å². The van der Waals surface area contributed by atoms with Gasteiger partial charge in [0, 0.05) is 11.6 Å². The van der Waals surface area contributed by atoms with Gasteiger partial charge in [-0.25, -0.2) is 17.5 Å². The Morgan fingerprint density at radius 3 is 2.61 bits per heavy atom. The van der Waals surface area contributed by atoms with E-state index in [0.717, 1.165) is 0 Å². The number of aliphatic carboxylic acids is 1. The summed E-state index contributed by atoms with van der Waals surface area (Å²) in [5, 5.41) is 8.42. The van der Waals surface area contributed by atoms with Crippen LogP contribution in [-0.4, -0.2) is 25.2 Å². The van der Waals surface area contributed by atoms with Gasteiger partial charge in [-0.2, -0.15) is 0 Å². The molecule has 1 aromatic rings. The number of carboxylic acids is 1. The summed E-state index contributed by atoms with van der Waals surface area (Å²) in [6, 6.07) is 5.06. The molecule has 100 valence electrons.